The molecule has 0 aromatic heterocycles. The Hall–Kier alpha value is -0.100. The fraction of sp³-hybridized carbons (Fsp3) is 0.333. The Balaban J connectivity index is 3.13. The molecule has 6 N–H and O–H groups in total. The summed E-state index contributed by atoms with van der Waals surface area (Å²) < 4.78 is 0. The van der Waals surface area contributed by atoms with Crippen molar-refractivity contribution in [1.29, 1.82) is 0 Å². The third kappa shape index (κ3) is 1.64. The van der Waals surface area contributed by atoms with Gasteiger partial charge in [-0.25, -0.2) is 0 Å². The second kappa shape index (κ2) is 2.70. The number of nitrogens with two attached hydrogens (primary N) is 2. The second-order valence-electron chi connectivity index (χ2n) is 2.64. The third-order valence-corrected chi connectivity index (χ3v) is 2.28. The van der Waals surface area contributed by atoms with E-state index < -0.39 is 11.4 Å². The van der Waals surface area contributed by atoms with Gasteiger partial charge in [0, 0.05) is 0 Å². The number of aliphatic hydroxyl groups is 2. The van der Waals surface area contributed by atoms with Gasteiger partial charge in [0.1, 0.15) is 0 Å². The second-order valence-corrected chi connectivity index (χ2v) is 3.45. The zero-order valence-electron chi connectivity index (χ0n) is 5.96. The van der Waals surface area contributed by atoms with Gasteiger partial charge in [-0.2, -0.15) is 0 Å². The Labute approximate surface area is 79.1 Å². The summed E-state index contributed by atoms with van der Waals surface area (Å²) in [5, 5.41) is 18.3. The third-order valence-electron chi connectivity index (χ3n) is 1.46. The minimum atomic E-state index is -1.84. The van der Waals surface area contributed by atoms with Crippen LogP contribution in [0, 0.1) is 0 Å². The highest BCUT2D eigenvalue weighted by atomic mass is 35.5. The predicted molar refractivity (Wildman–Crippen MR) is 46.1 cm³/mol. The maximum absolute atomic E-state index is 9.30. The van der Waals surface area contributed by atoms with Crippen LogP contribution in [0.4, 0.5) is 0 Å². The highest BCUT2D eigenvalue weighted by molar-refractivity contribution is 6.34. The summed E-state index contributed by atoms with van der Waals surface area (Å²) in [5.41, 5.74) is 6.84. The normalized spacial score (nSPS) is 42.2. The average molecular weight is 211 g/mol. The summed E-state index contributed by atoms with van der Waals surface area (Å²) in [7, 11) is 0. The van der Waals surface area contributed by atoms with Gasteiger partial charge >= 0.3 is 0 Å². The summed E-state index contributed by atoms with van der Waals surface area (Å²) >= 11 is 11.0. The van der Waals surface area contributed by atoms with Gasteiger partial charge in [0.25, 0.3) is 0 Å². The van der Waals surface area contributed by atoms with Crippen molar-refractivity contribution < 1.29 is 10.2 Å². The number of rotatable bonds is 0. The molecule has 0 saturated heterocycles. The summed E-state index contributed by atoms with van der Waals surface area (Å²) in [4.78, 5) is 0. The molecule has 0 aromatic carbocycles. The van der Waals surface area contributed by atoms with E-state index in [4.69, 9.17) is 34.7 Å². The van der Waals surface area contributed by atoms with Gasteiger partial charge in [-0.3, -0.25) is 11.5 Å². The van der Waals surface area contributed by atoms with Crippen LogP contribution in [-0.2, 0) is 0 Å². The van der Waals surface area contributed by atoms with Crippen LogP contribution in [0.15, 0.2) is 22.2 Å². The molecule has 6 heteroatoms. The van der Waals surface area contributed by atoms with E-state index in [0.29, 0.717) is 0 Å². The van der Waals surface area contributed by atoms with Crippen LogP contribution >= 0.6 is 23.2 Å². The van der Waals surface area contributed by atoms with Gasteiger partial charge < -0.3 is 10.2 Å². The van der Waals surface area contributed by atoms with E-state index in [1.807, 2.05) is 0 Å². The van der Waals surface area contributed by atoms with Crippen LogP contribution in [0.5, 0.6) is 0 Å². The Kier molecular flexibility index (Phi) is 2.24. The van der Waals surface area contributed by atoms with Crippen molar-refractivity contribution in [2.24, 2.45) is 11.5 Å². The molecule has 0 aromatic rings. The van der Waals surface area contributed by atoms with Crippen LogP contribution in [0.2, 0.25) is 0 Å². The van der Waals surface area contributed by atoms with E-state index in [-0.39, 0.29) is 10.1 Å². The van der Waals surface area contributed by atoms with Crippen molar-refractivity contribution in [1.82, 2.24) is 0 Å². The first-order valence-corrected chi connectivity index (χ1v) is 3.81. The van der Waals surface area contributed by atoms with Crippen LogP contribution in [0.3, 0.4) is 0 Å². The summed E-state index contributed by atoms with van der Waals surface area (Å²) in [6, 6.07) is 0. The molecule has 0 radical (unpaired) electrons. The predicted octanol–water partition coefficient (Wildman–Crippen LogP) is -0.460. The molecule has 68 valence electrons. The monoisotopic (exact) mass is 210 g/mol. The molecule has 0 aliphatic heterocycles. The quantitative estimate of drug-likeness (QED) is 0.408. The number of hydrogen-bond donors (Lipinski definition) is 4. The minimum Gasteiger partial charge on any atom is -0.367 e. The lowest BCUT2D eigenvalue weighted by atomic mass is 10.0. The Morgan fingerprint density at radius 2 is 1.25 bits per heavy atom. The molecule has 0 heterocycles. The molecule has 0 amide bonds. The summed E-state index contributed by atoms with van der Waals surface area (Å²) in [6.07, 6.45) is 1.97. The van der Waals surface area contributed by atoms with E-state index in [1.165, 1.54) is 0 Å². The van der Waals surface area contributed by atoms with Crippen molar-refractivity contribution in [2.75, 3.05) is 0 Å². The molecule has 0 saturated carbocycles. The molecular formula is C6H8Cl2N2O2. The minimum absolute atomic E-state index is 0.170. The number of halogens is 2. The first kappa shape index (κ1) is 9.98. The molecule has 1 aliphatic rings. The van der Waals surface area contributed by atoms with Gasteiger partial charge in [-0.1, -0.05) is 23.2 Å². The van der Waals surface area contributed by atoms with E-state index in [9.17, 15) is 10.2 Å². The molecule has 1 rings (SSSR count). The maximum Gasteiger partial charge on any atom is 0.171 e. The van der Waals surface area contributed by atoms with Gasteiger partial charge in [0.15, 0.2) is 11.4 Å². The summed E-state index contributed by atoms with van der Waals surface area (Å²) in [5.74, 6) is 0. The molecule has 12 heavy (non-hydrogen) atoms. The first-order valence-electron chi connectivity index (χ1n) is 3.06. The van der Waals surface area contributed by atoms with Crippen molar-refractivity contribution in [3.05, 3.63) is 22.2 Å². The van der Waals surface area contributed by atoms with E-state index in [1.54, 1.807) is 0 Å². The Morgan fingerprint density at radius 1 is 1.00 bits per heavy atom. The fourth-order valence-electron chi connectivity index (χ4n) is 0.755. The zero-order valence-corrected chi connectivity index (χ0v) is 7.47. The van der Waals surface area contributed by atoms with Crippen molar-refractivity contribution in [3.8, 4) is 0 Å². The van der Waals surface area contributed by atoms with Crippen LogP contribution in [0.25, 0.3) is 0 Å². The van der Waals surface area contributed by atoms with E-state index >= 15 is 0 Å². The highest BCUT2D eigenvalue weighted by Gasteiger charge is 2.36. The zero-order chi connectivity index (χ0) is 9.57. The lowest BCUT2D eigenvalue weighted by molar-refractivity contribution is 0.107. The Bertz CT molecular complexity index is 243. The lowest BCUT2D eigenvalue weighted by Crippen LogP contribution is -2.48. The Morgan fingerprint density at radius 3 is 1.50 bits per heavy atom. The molecule has 0 spiro atoms. The van der Waals surface area contributed by atoms with E-state index in [0.717, 1.165) is 12.2 Å². The molecule has 0 bridgehead atoms. The largest absolute Gasteiger partial charge is 0.367 e. The van der Waals surface area contributed by atoms with Gasteiger partial charge in [0.2, 0.25) is 0 Å². The van der Waals surface area contributed by atoms with Crippen LogP contribution in [0.1, 0.15) is 0 Å². The van der Waals surface area contributed by atoms with E-state index in [2.05, 4.69) is 0 Å². The molecule has 1 aliphatic carbocycles. The maximum atomic E-state index is 9.30. The van der Waals surface area contributed by atoms with Crippen molar-refractivity contribution in [2.45, 2.75) is 11.4 Å². The number of hydrogen-bond acceptors (Lipinski definition) is 4. The molecular weight excluding hydrogens is 203 g/mol. The van der Waals surface area contributed by atoms with Crippen molar-refractivity contribution >= 4 is 23.2 Å². The van der Waals surface area contributed by atoms with Gasteiger partial charge in [0.05, 0.1) is 10.1 Å². The smallest absolute Gasteiger partial charge is 0.171 e. The first-order chi connectivity index (χ1) is 5.26. The van der Waals surface area contributed by atoms with Crippen LogP contribution in [-0.4, -0.2) is 21.7 Å². The fourth-order valence-corrected chi connectivity index (χ4v) is 1.20. The summed E-state index contributed by atoms with van der Waals surface area (Å²) in [6.45, 7) is 0. The lowest BCUT2D eigenvalue weighted by Gasteiger charge is -2.30. The topological polar surface area (TPSA) is 92.5 Å². The van der Waals surface area contributed by atoms with Gasteiger partial charge in [-0.05, 0) is 12.2 Å². The highest BCUT2D eigenvalue weighted by Crippen LogP contribution is 2.31. The standard InChI is InChI=1S/C6H8Cl2N2O2/c7-3-1-5(9,11)4(8)2-6(3,10)12/h1-2,11-12H,9-10H2. The molecule has 2 unspecified atom stereocenters. The molecule has 2 atom stereocenters. The molecule has 0 fully saturated rings. The van der Waals surface area contributed by atoms with Gasteiger partial charge in [-0.15, -0.1) is 0 Å². The SMILES string of the molecule is NC1(O)C=C(Cl)C(N)(O)C=C1Cl. The van der Waals surface area contributed by atoms with Crippen LogP contribution < -0.4 is 11.5 Å². The van der Waals surface area contributed by atoms with Crippen molar-refractivity contribution in [3.63, 3.8) is 0 Å². The average Bonchev–Trinajstić information content (AvgIpc) is 1.82. The molecule has 4 nitrogen and oxygen atoms in total.